The van der Waals surface area contributed by atoms with E-state index in [-0.39, 0.29) is 23.5 Å². The molecule has 1 N–H and O–H groups in total. The number of carbonyl (C=O) groups excluding carboxylic acids is 2. The summed E-state index contributed by atoms with van der Waals surface area (Å²) in [5.41, 5.74) is 0.104. The highest BCUT2D eigenvalue weighted by molar-refractivity contribution is 5.81. The number of likely N-dealkylation sites (tertiary alicyclic amines) is 1. The van der Waals surface area contributed by atoms with Gasteiger partial charge in [-0.2, -0.15) is 0 Å². The summed E-state index contributed by atoms with van der Waals surface area (Å²) in [6.07, 6.45) is 0.686. The molecule has 5 heteroatoms. The molecule has 1 aromatic carbocycles. The van der Waals surface area contributed by atoms with Crippen molar-refractivity contribution in [2.75, 3.05) is 19.6 Å². The van der Waals surface area contributed by atoms with Gasteiger partial charge in [-0.3, -0.25) is 9.59 Å². The fourth-order valence-corrected chi connectivity index (χ4v) is 2.82. The summed E-state index contributed by atoms with van der Waals surface area (Å²) >= 11 is 0. The van der Waals surface area contributed by atoms with Gasteiger partial charge in [-0.1, -0.05) is 32.0 Å². The van der Waals surface area contributed by atoms with Crippen LogP contribution in [0.15, 0.2) is 24.3 Å². The van der Waals surface area contributed by atoms with E-state index in [4.69, 9.17) is 0 Å². The Labute approximate surface area is 130 Å². The van der Waals surface area contributed by atoms with Gasteiger partial charge < -0.3 is 10.2 Å². The smallest absolute Gasteiger partial charge is 0.224 e. The third-order valence-electron chi connectivity index (χ3n) is 4.31. The number of halogens is 1. The fourth-order valence-electron chi connectivity index (χ4n) is 2.82. The predicted octanol–water partition coefficient (Wildman–Crippen LogP) is 2.09. The molecule has 120 valence electrons. The second kappa shape index (κ2) is 6.46. The summed E-state index contributed by atoms with van der Waals surface area (Å²) in [6.45, 7) is 6.79. The molecule has 1 aromatic rings. The largest absolute Gasteiger partial charge is 0.355 e. The molecule has 0 aliphatic carbocycles. The lowest BCUT2D eigenvalue weighted by atomic mass is 9.84. The molecule has 1 heterocycles. The highest BCUT2D eigenvalue weighted by Crippen LogP contribution is 2.25. The molecule has 1 fully saturated rings. The standard InChI is InChI=1S/C17H23FN2O2/c1-12(21)20-9-8-13(10-20)16(22)19-11-17(2,3)14-6-4-5-7-15(14)18/h4-7,13H,8-11H2,1-3H3,(H,19,22)/t13-/m1/s1. The van der Waals surface area contributed by atoms with E-state index in [1.165, 1.54) is 13.0 Å². The minimum atomic E-state index is -0.486. The van der Waals surface area contributed by atoms with Crippen molar-refractivity contribution in [2.24, 2.45) is 5.92 Å². The van der Waals surface area contributed by atoms with E-state index in [0.29, 0.717) is 31.6 Å². The molecule has 1 saturated heterocycles. The second-order valence-electron chi connectivity index (χ2n) is 6.53. The van der Waals surface area contributed by atoms with Crippen LogP contribution in [-0.4, -0.2) is 36.3 Å². The lowest BCUT2D eigenvalue weighted by Gasteiger charge is -2.26. The quantitative estimate of drug-likeness (QED) is 0.926. The maximum absolute atomic E-state index is 13.9. The first-order valence-corrected chi connectivity index (χ1v) is 7.59. The van der Waals surface area contributed by atoms with Crippen molar-refractivity contribution >= 4 is 11.8 Å². The van der Waals surface area contributed by atoms with Crippen LogP contribution in [0, 0.1) is 11.7 Å². The zero-order valence-electron chi connectivity index (χ0n) is 13.4. The van der Waals surface area contributed by atoms with Gasteiger partial charge in [0.25, 0.3) is 0 Å². The molecular weight excluding hydrogens is 283 g/mol. The van der Waals surface area contributed by atoms with Crippen LogP contribution in [0.2, 0.25) is 0 Å². The molecule has 0 saturated carbocycles. The topological polar surface area (TPSA) is 49.4 Å². The number of hydrogen-bond acceptors (Lipinski definition) is 2. The summed E-state index contributed by atoms with van der Waals surface area (Å²) in [6, 6.07) is 6.63. The van der Waals surface area contributed by atoms with E-state index < -0.39 is 5.41 Å². The lowest BCUT2D eigenvalue weighted by molar-refractivity contribution is -0.128. The van der Waals surface area contributed by atoms with Crippen molar-refractivity contribution in [3.8, 4) is 0 Å². The Hall–Kier alpha value is -1.91. The highest BCUT2D eigenvalue weighted by atomic mass is 19.1. The van der Waals surface area contributed by atoms with Gasteiger partial charge in [-0.15, -0.1) is 0 Å². The van der Waals surface area contributed by atoms with Gasteiger partial charge >= 0.3 is 0 Å². The van der Waals surface area contributed by atoms with Crippen molar-refractivity contribution in [2.45, 2.75) is 32.6 Å². The third-order valence-corrected chi connectivity index (χ3v) is 4.31. The first kappa shape index (κ1) is 16.5. The maximum atomic E-state index is 13.9. The Morgan fingerprint density at radius 2 is 2.05 bits per heavy atom. The summed E-state index contributed by atoms with van der Waals surface area (Å²) in [4.78, 5) is 25.2. The molecular formula is C17H23FN2O2. The van der Waals surface area contributed by atoms with Crippen molar-refractivity contribution in [3.63, 3.8) is 0 Å². The third kappa shape index (κ3) is 3.64. The summed E-state index contributed by atoms with van der Waals surface area (Å²) in [5.74, 6) is -0.485. The van der Waals surface area contributed by atoms with Crippen LogP contribution in [0.25, 0.3) is 0 Å². The second-order valence-corrected chi connectivity index (χ2v) is 6.53. The molecule has 2 amide bonds. The van der Waals surface area contributed by atoms with Gasteiger partial charge in [0.2, 0.25) is 11.8 Å². The number of nitrogens with zero attached hydrogens (tertiary/aromatic N) is 1. The Kier molecular flexibility index (Phi) is 4.84. The lowest BCUT2D eigenvalue weighted by Crippen LogP contribution is -2.41. The van der Waals surface area contributed by atoms with Crippen LogP contribution in [0.5, 0.6) is 0 Å². The van der Waals surface area contributed by atoms with Crippen LogP contribution >= 0.6 is 0 Å². The van der Waals surface area contributed by atoms with Crippen molar-refractivity contribution in [1.82, 2.24) is 10.2 Å². The molecule has 1 aliphatic heterocycles. The Morgan fingerprint density at radius 1 is 1.36 bits per heavy atom. The van der Waals surface area contributed by atoms with E-state index in [1.807, 2.05) is 13.8 Å². The highest BCUT2D eigenvalue weighted by Gasteiger charge is 2.31. The monoisotopic (exact) mass is 306 g/mol. The average molecular weight is 306 g/mol. The molecule has 1 atom stereocenters. The number of rotatable bonds is 4. The molecule has 0 unspecified atom stereocenters. The Balaban J connectivity index is 1.94. The molecule has 2 rings (SSSR count). The van der Waals surface area contributed by atoms with Crippen LogP contribution < -0.4 is 5.32 Å². The average Bonchev–Trinajstić information content (AvgIpc) is 2.95. The van der Waals surface area contributed by atoms with E-state index >= 15 is 0 Å². The minimum Gasteiger partial charge on any atom is -0.355 e. The van der Waals surface area contributed by atoms with Crippen LogP contribution in [-0.2, 0) is 15.0 Å². The number of amides is 2. The summed E-state index contributed by atoms with van der Waals surface area (Å²) < 4.78 is 13.9. The minimum absolute atomic E-state index is 0.00184. The van der Waals surface area contributed by atoms with Gasteiger partial charge in [0.05, 0.1) is 5.92 Å². The fraction of sp³-hybridized carbons (Fsp3) is 0.529. The normalized spacial score (nSPS) is 18.4. The van der Waals surface area contributed by atoms with Crippen molar-refractivity contribution < 1.29 is 14.0 Å². The van der Waals surface area contributed by atoms with Gasteiger partial charge in [-0.05, 0) is 18.1 Å². The zero-order chi connectivity index (χ0) is 16.3. The molecule has 0 spiro atoms. The summed E-state index contributed by atoms with van der Waals surface area (Å²) in [7, 11) is 0. The SMILES string of the molecule is CC(=O)N1CC[C@@H](C(=O)NCC(C)(C)c2ccccc2F)C1. The van der Waals surface area contributed by atoms with Gasteiger partial charge in [0, 0.05) is 32.0 Å². The van der Waals surface area contributed by atoms with Crippen molar-refractivity contribution in [3.05, 3.63) is 35.6 Å². The van der Waals surface area contributed by atoms with Crippen LogP contribution in [0.3, 0.4) is 0 Å². The number of benzene rings is 1. The van der Waals surface area contributed by atoms with Crippen LogP contribution in [0.1, 0.15) is 32.8 Å². The van der Waals surface area contributed by atoms with Gasteiger partial charge in [-0.25, -0.2) is 4.39 Å². The Morgan fingerprint density at radius 3 is 2.64 bits per heavy atom. The molecule has 22 heavy (non-hydrogen) atoms. The molecule has 0 bridgehead atoms. The van der Waals surface area contributed by atoms with E-state index in [9.17, 15) is 14.0 Å². The number of nitrogens with one attached hydrogen (secondary N) is 1. The first-order chi connectivity index (χ1) is 10.3. The number of carbonyl (C=O) groups is 2. The Bertz CT molecular complexity index is 572. The van der Waals surface area contributed by atoms with E-state index in [0.717, 1.165) is 0 Å². The van der Waals surface area contributed by atoms with Crippen molar-refractivity contribution in [1.29, 1.82) is 0 Å². The zero-order valence-corrected chi connectivity index (χ0v) is 13.4. The number of hydrogen-bond donors (Lipinski definition) is 1. The predicted molar refractivity (Wildman–Crippen MR) is 82.8 cm³/mol. The van der Waals surface area contributed by atoms with Gasteiger partial charge in [0.1, 0.15) is 5.82 Å². The maximum Gasteiger partial charge on any atom is 0.224 e. The summed E-state index contributed by atoms with van der Waals surface area (Å²) in [5, 5.41) is 2.91. The molecule has 0 aromatic heterocycles. The van der Waals surface area contributed by atoms with E-state index in [2.05, 4.69) is 5.32 Å². The van der Waals surface area contributed by atoms with Gasteiger partial charge in [0.15, 0.2) is 0 Å². The molecule has 0 radical (unpaired) electrons. The van der Waals surface area contributed by atoms with Crippen LogP contribution in [0.4, 0.5) is 4.39 Å². The van der Waals surface area contributed by atoms with E-state index in [1.54, 1.807) is 23.1 Å². The molecule has 4 nitrogen and oxygen atoms in total. The molecule has 1 aliphatic rings. The first-order valence-electron chi connectivity index (χ1n) is 7.59.